The average molecular weight is 427 g/mol. The lowest BCUT2D eigenvalue weighted by molar-refractivity contribution is -0.131. The molecule has 2 heterocycles. The molecule has 1 aliphatic rings. The molecule has 4 rings (SSSR count). The number of para-hydroxylation sites is 1. The molecule has 0 radical (unpaired) electrons. The van der Waals surface area contributed by atoms with Crippen molar-refractivity contribution in [2.45, 2.75) is 25.9 Å². The second-order valence-electron chi connectivity index (χ2n) is 7.08. The van der Waals surface area contributed by atoms with Crippen molar-refractivity contribution in [1.29, 1.82) is 0 Å². The zero-order chi connectivity index (χ0) is 21.5. The first-order chi connectivity index (χ1) is 14.3. The summed E-state index contributed by atoms with van der Waals surface area (Å²) in [6.45, 7) is 3.35. The fourth-order valence-corrected chi connectivity index (χ4v) is 3.80. The number of imide groups is 1. The number of urea groups is 1. The molecule has 1 fully saturated rings. The normalized spacial score (nSPS) is 18.7. The Morgan fingerprint density at radius 2 is 1.97 bits per heavy atom. The van der Waals surface area contributed by atoms with Crippen LogP contribution in [-0.2, 0) is 21.6 Å². The zero-order valence-corrected chi connectivity index (χ0v) is 17.2. The van der Waals surface area contributed by atoms with E-state index in [-0.39, 0.29) is 18.9 Å². The Labute approximate surface area is 177 Å². The average Bonchev–Trinajstić information content (AvgIpc) is 3.19. The van der Waals surface area contributed by atoms with Crippen LogP contribution in [0, 0.1) is 0 Å². The first-order valence-electron chi connectivity index (χ1n) is 9.43. The third kappa shape index (κ3) is 3.21. The number of nitrogens with zero attached hydrogens (tertiary/aromatic N) is 1. The minimum Gasteiger partial charge on any atom is -0.460 e. The molecule has 1 N–H and O–H groups in total. The van der Waals surface area contributed by atoms with Crippen LogP contribution in [0.2, 0.25) is 5.02 Å². The number of hydrogen-bond acceptors (Lipinski definition) is 5. The van der Waals surface area contributed by atoms with E-state index >= 15 is 0 Å². The predicted octanol–water partition coefficient (Wildman–Crippen LogP) is 4.23. The number of furan rings is 1. The molecule has 3 amide bonds. The number of hydrogen-bond donors (Lipinski definition) is 1. The van der Waals surface area contributed by atoms with Gasteiger partial charge in [-0.25, -0.2) is 9.59 Å². The molecule has 0 bridgehead atoms. The highest BCUT2D eigenvalue weighted by Gasteiger charge is 2.49. The van der Waals surface area contributed by atoms with Gasteiger partial charge in [0.15, 0.2) is 0 Å². The second-order valence-corrected chi connectivity index (χ2v) is 7.52. The fraction of sp³-hybridized carbons (Fsp3) is 0.227. The minimum absolute atomic E-state index is 0.0185. The SMILES string of the molecule is CCOC(=O)c1oc2ccccc2c1CN1C(=O)NC(C)(c2cccc(Cl)c2)C1=O. The van der Waals surface area contributed by atoms with E-state index in [2.05, 4.69) is 5.32 Å². The molecule has 8 heteroatoms. The summed E-state index contributed by atoms with van der Waals surface area (Å²) in [5.41, 5.74) is 0.188. The first-order valence-corrected chi connectivity index (χ1v) is 9.80. The standard InChI is InChI=1S/C22H19ClN2O5/c1-3-29-19(26)18-16(15-9-4-5-10-17(15)30-18)12-25-20(27)22(2,24-21(25)28)13-7-6-8-14(23)11-13/h4-11H,3,12H2,1-2H3,(H,24,28). The monoisotopic (exact) mass is 426 g/mol. The molecule has 1 saturated heterocycles. The van der Waals surface area contributed by atoms with E-state index in [0.717, 1.165) is 4.90 Å². The molecule has 2 aromatic carbocycles. The van der Waals surface area contributed by atoms with Gasteiger partial charge in [0.1, 0.15) is 11.1 Å². The van der Waals surface area contributed by atoms with Gasteiger partial charge in [-0.05, 0) is 37.6 Å². The van der Waals surface area contributed by atoms with Crippen molar-refractivity contribution in [2.24, 2.45) is 0 Å². The summed E-state index contributed by atoms with van der Waals surface area (Å²) in [6.07, 6.45) is 0. The van der Waals surface area contributed by atoms with E-state index in [0.29, 0.717) is 27.1 Å². The van der Waals surface area contributed by atoms with Crippen molar-refractivity contribution in [1.82, 2.24) is 10.2 Å². The van der Waals surface area contributed by atoms with Crippen molar-refractivity contribution in [3.05, 3.63) is 70.4 Å². The molecule has 0 saturated carbocycles. The second kappa shape index (κ2) is 7.50. The molecule has 1 aromatic heterocycles. The van der Waals surface area contributed by atoms with Gasteiger partial charge in [0, 0.05) is 16.0 Å². The van der Waals surface area contributed by atoms with Gasteiger partial charge >= 0.3 is 12.0 Å². The molecule has 1 aliphatic heterocycles. The summed E-state index contributed by atoms with van der Waals surface area (Å²) < 4.78 is 10.8. The molecule has 1 unspecified atom stereocenters. The summed E-state index contributed by atoms with van der Waals surface area (Å²) in [4.78, 5) is 39.5. The summed E-state index contributed by atoms with van der Waals surface area (Å²) in [6, 6.07) is 13.2. The Bertz CT molecular complexity index is 1170. The van der Waals surface area contributed by atoms with Crippen molar-refractivity contribution in [3.63, 3.8) is 0 Å². The van der Waals surface area contributed by atoms with Gasteiger partial charge < -0.3 is 14.5 Å². The van der Waals surface area contributed by atoms with Crippen LogP contribution < -0.4 is 5.32 Å². The smallest absolute Gasteiger partial charge is 0.374 e. The van der Waals surface area contributed by atoms with Crippen LogP contribution in [0.4, 0.5) is 4.79 Å². The number of ether oxygens (including phenoxy) is 1. The highest BCUT2D eigenvalue weighted by atomic mass is 35.5. The molecule has 30 heavy (non-hydrogen) atoms. The molecule has 7 nitrogen and oxygen atoms in total. The number of benzene rings is 2. The van der Waals surface area contributed by atoms with Crippen molar-refractivity contribution < 1.29 is 23.5 Å². The van der Waals surface area contributed by atoms with Crippen LogP contribution >= 0.6 is 11.6 Å². The largest absolute Gasteiger partial charge is 0.460 e. The third-order valence-electron chi connectivity index (χ3n) is 5.15. The lowest BCUT2D eigenvalue weighted by Gasteiger charge is -2.22. The van der Waals surface area contributed by atoms with Gasteiger partial charge in [0.05, 0.1) is 13.2 Å². The van der Waals surface area contributed by atoms with E-state index in [4.69, 9.17) is 20.8 Å². The lowest BCUT2D eigenvalue weighted by atomic mass is 9.92. The van der Waals surface area contributed by atoms with Crippen molar-refractivity contribution in [3.8, 4) is 0 Å². The van der Waals surface area contributed by atoms with Crippen LogP contribution in [0.15, 0.2) is 52.9 Å². The zero-order valence-electron chi connectivity index (χ0n) is 16.4. The van der Waals surface area contributed by atoms with E-state index in [1.165, 1.54) is 0 Å². The Morgan fingerprint density at radius 3 is 2.70 bits per heavy atom. The van der Waals surface area contributed by atoms with E-state index in [1.807, 2.05) is 0 Å². The van der Waals surface area contributed by atoms with E-state index in [1.54, 1.807) is 62.4 Å². The quantitative estimate of drug-likeness (QED) is 0.487. The molecule has 1 atom stereocenters. The number of halogens is 1. The number of amides is 3. The Hall–Kier alpha value is -3.32. The number of carbonyl (C=O) groups excluding carboxylic acids is 3. The maximum absolute atomic E-state index is 13.3. The van der Waals surface area contributed by atoms with Crippen molar-refractivity contribution >= 4 is 40.5 Å². The molecule has 0 aliphatic carbocycles. The lowest BCUT2D eigenvalue weighted by Crippen LogP contribution is -2.40. The number of nitrogens with one attached hydrogen (secondary N) is 1. The molecular weight excluding hydrogens is 408 g/mol. The highest BCUT2D eigenvalue weighted by Crippen LogP contribution is 2.34. The van der Waals surface area contributed by atoms with Crippen molar-refractivity contribution in [2.75, 3.05) is 6.61 Å². The number of esters is 1. The van der Waals surface area contributed by atoms with Gasteiger partial charge in [0.2, 0.25) is 5.76 Å². The molecular formula is C22H19ClN2O5. The van der Waals surface area contributed by atoms with Crippen LogP contribution in [0.5, 0.6) is 0 Å². The summed E-state index contributed by atoms with van der Waals surface area (Å²) in [7, 11) is 0. The highest BCUT2D eigenvalue weighted by molar-refractivity contribution is 6.30. The van der Waals surface area contributed by atoms with Gasteiger partial charge in [-0.3, -0.25) is 9.69 Å². The fourth-order valence-electron chi connectivity index (χ4n) is 3.61. The van der Waals surface area contributed by atoms with Crippen LogP contribution in [0.25, 0.3) is 11.0 Å². The van der Waals surface area contributed by atoms with Gasteiger partial charge in [-0.2, -0.15) is 0 Å². The minimum atomic E-state index is -1.27. The summed E-state index contributed by atoms with van der Waals surface area (Å²) in [5, 5.41) is 3.83. The Morgan fingerprint density at radius 1 is 1.20 bits per heavy atom. The number of rotatable bonds is 5. The van der Waals surface area contributed by atoms with Crippen LogP contribution in [0.3, 0.4) is 0 Å². The predicted molar refractivity (Wildman–Crippen MR) is 110 cm³/mol. The number of carbonyl (C=O) groups is 3. The van der Waals surface area contributed by atoms with E-state index < -0.39 is 23.4 Å². The van der Waals surface area contributed by atoms with Crippen LogP contribution in [-0.4, -0.2) is 29.4 Å². The summed E-state index contributed by atoms with van der Waals surface area (Å²) in [5.74, 6) is -1.11. The van der Waals surface area contributed by atoms with Gasteiger partial charge in [-0.1, -0.05) is 41.9 Å². The Balaban J connectivity index is 1.73. The Kier molecular flexibility index (Phi) is 4.99. The summed E-state index contributed by atoms with van der Waals surface area (Å²) >= 11 is 6.07. The molecule has 154 valence electrons. The molecule has 3 aromatic rings. The first kappa shape index (κ1) is 20.0. The maximum Gasteiger partial charge on any atom is 0.374 e. The topological polar surface area (TPSA) is 88.8 Å². The van der Waals surface area contributed by atoms with E-state index in [9.17, 15) is 14.4 Å². The third-order valence-corrected chi connectivity index (χ3v) is 5.39. The molecule has 0 spiro atoms. The van der Waals surface area contributed by atoms with Crippen LogP contribution in [0.1, 0.15) is 35.5 Å². The van der Waals surface area contributed by atoms with Gasteiger partial charge in [0.25, 0.3) is 5.91 Å². The number of fused-ring (bicyclic) bond motifs is 1. The maximum atomic E-state index is 13.3. The van der Waals surface area contributed by atoms with Gasteiger partial charge in [-0.15, -0.1) is 0 Å².